The van der Waals surface area contributed by atoms with Crippen LogP contribution in [0.4, 0.5) is 18.9 Å². The molecule has 0 aromatic heterocycles. The number of para-hydroxylation sites is 1. The second-order valence-corrected chi connectivity index (χ2v) is 11.8. The molecule has 4 rings (SSSR count). The number of amides is 1. The number of carbonyl (C=O) groups excluding carboxylic acids is 1. The molecule has 0 aliphatic carbocycles. The summed E-state index contributed by atoms with van der Waals surface area (Å²) in [5, 5.41) is 0.378. The number of fused-ring (bicyclic) bond motifs is 1. The van der Waals surface area contributed by atoms with Crippen molar-refractivity contribution in [2.45, 2.75) is 47.4 Å². The molecular formula is C23H25F3N2O3S2. The molecule has 1 fully saturated rings. The van der Waals surface area contributed by atoms with Crippen LogP contribution in [0.1, 0.15) is 31.7 Å². The molecule has 0 bridgehead atoms. The number of hydrogen-bond donors (Lipinski definition) is 0. The number of alkyl halides is 3. The van der Waals surface area contributed by atoms with Crippen LogP contribution in [0, 0.1) is 5.92 Å². The maximum atomic E-state index is 13.4. The van der Waals surface area contributed by atoms with Crippen LogP contribution in [0.3, 0.4) is 0 Å². The summed E-state index contributed by atoms with van der Waals surface area (Å²) in [7, 11) is -4.08. The fraction of sp³-hybridized carbons (Fsp3) is 0.435. The largest absolute Gasteiger partial charge is 0.416 e. The lowest BCUT2D eigenvalue weighted by Crippen LogP contribution is -2.44. The van der Waals surface area contributed by atoms with Crippen molar-refractivity contribution in [1.82, 2.24) is 4.31 Å². The Morgan fingerprint density at radius 1 is 1.00 bits per heavy atom. The Morgan fingerprint density at radius 2 is 1.70 bits per heavy atom. The lowest BCUT2D eigenvalue weighted by molar-refractivity contribution is -0.137. The number of halogens is 3. The second kappa shape index (κ2) is 9.31. The van der Waals surface area contributed by atoms with Gasteiger partial charge in [0.2, 0.25) is 15.9 Å². The molecule has 0 spiro atoms. The minimum Gasteiger partial charge on any atom is -0.311 e. The molecule has 2 aromatic carbocycles. The third-order valence-electron chi connectivity index (χ3n) is 6.11. The fourth-order valence-corrected chi connectivity index (χ4v) is 6.89. The number of benzene rings is 2. The molecule has 2 aliphatic rings. The number of nitrogens with zero attached hydrogens (tertiary/aromatic N) is 2. The highest BCUT2D eigenvalue weighted by Gasteiger charge is 2.37. The van der Waals surface area contributed by atoms with Crippen LogP contribution in [-0.4, -0.2) is 43.5 Å². The lowest BCUT2D eigenvalue weighted by Gasteiger charge is -2.33. The van der Waals surface area contributed by atoms with Crippen LogP contribution in [-0.2, 0) is 21.0 Å². The normalized spacial score (nSPS) is 20.8. The summed E-state index contributed by atoms with van der Waals surface area (Å²) in [6.45, 7) is 2.92. The Balaban J connectivity index is 1.47. The molecule has 1 unspecified atom stereocenters. The Morgan fingerprint density at radius 3 is 2.39 bits per heavy atom. The highest BCUT2D eigenvalue weighted by atomic mass is 32.2. The van der Waals surface area contributed by atoms with Crippen molar-refractivity contribution in [2.24, 2.45) is 5.92 Å². The number of rotatable bonds is 3. The Bertz CT molecular complexity index is 1130. The van der Waals surface area contributed by atoms with Crippen LogP contribution in [0.15, 0.2) is 58.3 Å². The van der Waals surface area contributed by atoms with Crippen LogP contribution >= 0.6 is 11.8 Å². The molecule has 1 saturated heterocycles. The van der Waals surface area contributed by atoms with E-state index in [9.17, 15) is 26.4 Å². The van der Waals surface area contributed by atoms with Gasteiger partial charge in [-0.15, -0.1) is 11.8 Å². The van der Waals surface area contributed by atoms with E-state index in [1.54, 1.807) is 11.8 Å². The van der Waals surface area contributed by atoms with Crippen LogP contribution in [0.25, 0.3) is 0 Å². The predicted octanol–water partition coefficient (Wildman–Crippen LogP) is 5.02. The highest BCUT2D eigenvalue weighted by molar-refractivity contribution is 8.00. The number of sulfonamides is 1. The molecular weight excluding hydrogens is 473 g/mol. The molecule has 5 nitrogen and oxygen atoms in total. The lowest BCUT2D eigenvalue weighted by atomic mass is 9.96. The van der Waals surface area contributed by atoms with Gasteiger partial charge in [0.1, 0.15) is 0 Å². The average molecular weight is 499 g/mol. The van der Waals surface area contributed by atoms with Crippen molar-refractivity contribution in [3.8, 4) is 0 Å². The smallest absolute Gasteiger partial charge is 0.311 e. The number of anilines is 1. The standard InChI is InChI=1S/C23H25F3N2O3S2/c1-16-9-14-28(20-7-2-3-8-21(20)32-16)22(29)17-10-12-27(13-11-17)33(30,31)19-6-4-5-18(15-19)23(24,25)26/h2-8,15-17H,9-14H2,1H3. The van der Waals surface area contributed by atoms with Gasteiger partial charge in [0, 0.05) is 35.7 Å². The summed E-state index contributed by atoms with van der Waals surface area (Å²) in [4.78, 5) is 15.9. The molecule has 1 amide bonds. The third kappa shape index (κ3) is 5.07. The molecule has 0 saturated carbocycles. The number of piperidine rings is 1. The summed E-state index contributed by atoms with van der Waals surface area (Å²) in [6.07, 6.45) is -3.10. The minimum atomic E-state index is -4.62. The van der Waals surface area contributed by atoms with E-state index in [0.717, 1.165) is 29.1 Å². The average Bonchev–Trinajstić information content (AvgIpc) is 2.96. The van der Waals surface area contributed by atoms with Crippen molar-refractivity contribution in [2.75, 3.05) is 24.5 Å². The van der Waals surface area contributed by atoms with Gasteiger partial charge in [-0.1, -0.05) is 25.1 Å². The highest BCUT2D eigenvalue weighted by Crippen LogP contribution is 2.39. The first-order valence-corrected chi connectivity index (χ1v) is 13.1. The number of hydrogen-bond acceptors (Lipinski definition) is 4. The van der Waals surface area contributed by atoms with Gasteiger partial charge in [-0.2, -0.15) is 17.5 Å². The first-order valence-electron chi connectivity index (χ1n) is 10.8. The predicted molar refractivity (Wildman–Crippen MR) is 122 cm³/mol. The topological polar surface area (TPSA) is 57.7 Å². The Kier molecular flexibility index (Phi) is 6.80. The van der Waals surface area contributed by atoms with Crippen molar-refractivity contribution in [3.63, 3.8) is 0 Å². The van der Waals surface area contributed by atoms with Crippen molar-refractivity contribution >= 4 is 33.4 Å². The van der Waals surface area contributed by atoms with Crippen LogP contribution < -0.4 is 4.90 Å². The molecule has 2 aromatic rings. The molecule has 0 radical (unpaired) electrons. The summed E-state index contributed by atoms with van der Waals surface area (Å²) in [5.41, 5.74) is -0.114. The summed E-state index contributed by atoms with van der Waals surface area (Å²) < 4.78 is 66.1. The quantitative estimate of drug-likeness (QED) is 0.596. The van der Waals surface area contributed by atoms with Crippen LogP contribution in [0.2, 0.25) is 0 Å². The Hall–Kier alpha value is -2.04. The molecule has 1 atom stereocenters. The van der Waals surface area contributed by atoms with Gasteiger partial charge in [0.05, 0.1) is 16.1 Å². The van der Waals surface area contributed by atoms with Gasteiger partial charge >= 0.3 is 6.18 Å². The minimum absolute atomic E-state index is 0.0201. The van der Waals surface area contributed by atoms with Gasteiger partial charge in [-0.05, 0) is 49.6 Å². The van der Waals surface area contributed by atoms with Crippen molar-refractivity contribution in [1.29, 1.82) is 0 Å². The number of carbonyl (C=O) groups is 1. The Labute approximate surface area is 196 Å². The van der Waals surface area contributed by atoms with E-state index in [1.165, 1.54) is 10.4 Å². The summed E-state index contributed by atoms with van der Waals surface area (Å²) in [6, 6.07) is 11.6. The molecule has 2 heterocycles. The van der Waals surface area contributed by atoms with Gasteiger partial charge in [-0.25, -0.2) is 8.42 Å². The van der Waals surface area contributed by atoms with Crippen LogP contribution in [0.5, 0.6) is 0 Å². The van der Waals surface area contributed by atoms with Gasteiger partial charge < -0.3 is 4.90 Å². The molecule has 2 aliphatic heterocycles. The maximum absolute atomic E-state index is 13.4. The van der Waals surface area contributed by atoms with E-state index in [4.69, 9.17) is 0 Å². The first-order chi connectivity index (χ1) is 15.6. The van der Waals surface area contributed by atoms with E-state index < -0.39 is 21.8 Å². The molecule has 0 N–H and O–H groups in total. The van der Waals surface area contributed by atoms with Crippen molar-refractivity contribution in [3.05, 3.63) is 54.1 Å². The van der Waals surface area contributed by atoms with E-state index in [-0.39, 0.29) is 29.8 Å². The zero-order valence-corrected chi connectivity index (χ0v) is 19.7. The first kappa shape index (κ1) is 24.1. The second-order valence-electron chi connectivity index (χ2n) is 8.38. The van der Waals surface area contributed by atoms with Gasteiger partial charge in [-0.3, -0.25) is 4.79 Å². The number of thioether (sulfide) groups is 1. The van der Waals surface area contributed by atoms with Gasteiger partial charge in [0.15, 0.2) is 0 Å². The summed E-state index contributed by atoms with van der Waals surface area (Å²) in [5.74, 6) is -0.349. The monoisotopic (exact) mass is 498 g/mol. The van der Waals surface area contributed by atoms with Gasteiger partial charge in [0.25, 0.3) is 0 Å². The third-order valence-corrected chi connectivity index (χ3v) is 9.24. The molecule has 10 heteroatoms. The van der Waals surface area contributed by atoms with E-state index >= 15 is 0 Å². The maximum Gasteiger partial charge on any atom is 0.416 e. The molecule has 178 valence electrons. The van der Waals surface area contributed by atoms with E-state index in [1.807, 2.05) is 29.2 Å². The van der Waals surface area contributed by atoms with Crippen molar-refractivity contribution < 1.29 is 26.4 Å². The zero-order valence-electron chi connectivity index (χ0n) is 18.1. The SMILES string of the molecule is CC1CCN(C(=O)C2CCN(S(=O)(=O)c3cccc(C(F)(F)F)c3)CC2)c2ccccc2S1. The van der Waals surface area contributed by atoms with E-state index in [0.29, 0.717) is 30.7 Å². The summed E-state index contributed by atoms with van der Waals surface area (Å²) >= 11 is 1.74. The molecule has 33 heavy (non-hydrogen) atoms. The zero-order chi connectivity index (χ0) is 23.8. The fourth-order valence-electron chi connectivity index (χ4n) is 4.26. The van der Waals surface area contributed by atoms with E-state index in [2.05, 4.69) is 6.92 Å².